The summed E-state index contributed by atoms with van der Waals surface area (Å²) < 4.78 is 1.12. The predicted octanol–water partition coefficient (Wildman–Crippen LogP) is 3.54. The minimum atomic E-state index is 0.161. The van der Waals surface area contributed by atoms with E-state index in [0.717, 1.165) is 4.47 Å². The lowest BCUT2D eigenvalue weighted by Gasteiger charge is -2.30. The highest BCUT2D eigenvalue weighted by molar-refractivity contribution is 9.10. The third-order valence-electron chi connectivity index (χ3n) is 3.07. The van der Waals surface area contributed by atoms with Crippen LogP contribution in [0.2, 0.25) is 0 Å². The maximum atomic E-state index is 5.77. The molecule has 1 atom stereocenters. The molecule has 0 saturated heterocycles. The van der Waals surface area contributed by atoms with E-state index in [1.165, 1.54) is 5.56 Å². The monoisotopic (exact) mass is 255 g/mol. The van der Waals surface area contributed by atoms with E-state index < -0.39 is 0 Å². The Bertz CT molecular complexity index is 290. The Morgan fingerprint density at radius 3 is 2.21 bits per heavy atom. The molecule has 1 aromatic rings. The van der Waals surface area contributed by atoms with Crippen molar-refractivity contribution in [2.45, 2.75) is 26.7 Å². The van der Waals surface area contributed by atoms with Crippen LogP contribution >= 0.6 is 15.9 Å². The molecule has 2 N–H and O–H groups in total. The first-order chi connectivity index (χ1) is 6.47. The second kappa shape index (κ2) is 4.45. The summed E-state index contributed by atoms with van der Waals surface area (Å²) in [4.78, 5) is 0. The zero-order valence-corrected chi connectivity index (χ0v) is 10.6. The van der Waals surface area contributed by atoms with Crippen molar-refractivity contribution in [1.29, 1.82) is 0 Å². The Labute approximate surface area is 94.8 Å². The van der Waals surface area contributed by atoms with Gasteiger partial charge in [0.1, 0.15) is 0 Å². The van der Waals surface area contributed by atoms with E-state index in [9.17, 15) is 0 Å². The Morgan fingerprint density at radius 1 is 1.29 bits per heavy atom. The second-order valence-corrected chi connectivity index (χ2v) is 5.38. The van der Waals surface area contributed by atoms with Gasteiger partial charge in [0.15, 0.2) is 0 Å². The van der Waals surface area contributed by atoms with Crippen LogP contribution in [0.5, 0.6) is 0 Å². The molecule has 0 aliphatic carbocycles. The SMILES string of the molecule is CC(c1ccc(Br)cc1)C(C)(C)CN. The minimum Gasteiger partial charge on any atom is -0.330 e. The van der Waals surface area contributed by atoms with Crippen molar-refractivity contribution in [2.75, 3.05) is 6.54 Å². The molecule has 1 nitrogen and oxygen atoms in total. The molecule has 0 aromatic heterocycles. The molecule has 2 heteroatoms. The summed E-state index contributed by atoms with van der Waals surface area (Å²) in [5.41, 5.74) is 7.28. The van der Waals surface area contributed by atoms with Crippen LogP contribution < -0.4 is 5.73 Å². The normalized spacial score (nSPS) is 14.1. The fourth-order valence-electron chi connectivity index (χ4n) is 1.38. The van der Waals surface area contributed by atoms with Gasteiger partial charge in [-0.15, -0.1) is 0 Å². The van der Waals surface area contributed by atoms with Crippen LogP contribution in [0.1, 0.15) is 32.3 Å². The Kier molecular flexibility index (Phi) is 3.73. The van der Waals surface area contributed by atoms with E-state index in [1.807, 2.05) is 0 Å². The number of rotatable bonds is 3. The van der Waals surface area contributed by atoms with Crippen LogP contribution in [0.3, 0.4) is 0 Å². The van der Waals surface area contributed by atoms with Crippen molar-refractivity contribution in [3.8, 4) is 0 Å². The molecule has 0 radical (unpaired) electrons. The smallest absolute Gasteiger partial charge is 0.0175 e. The maximum absolute atomic E-state index is 5.77. The third-order valence-corrected chi connectivity index (χ3v) is 3.60. The van der Waals surface area contributed by atoms with E-state index in [1.54, 1.807) is 0 Å². The van der Waals surface area contributed by atoms with Gasteiger partial charge in [0.25, 0.3) is 0 Å². The van der Waals surface area contributed by atoms with Crippen LogP contribution in [0.25, 0.3) is 0 Å². The van der Waals surface area contributed by atoms with Crippen molar-refractivity contribution < 1.29 is 0 Å². The van der Waals surface area contributed by atoms with Gasteiger partial charge in [-0.2, -0.15) is 0 Å². The maximum Gasteiger partial charge on any atom is 0.0175 e. The molecule has 0 bridgehead atoms. The lowest BCUT2D eigenvalue weighted by molar-refractivity contribution is 0.312. The summed E-state index contributed by atoms with van der Waals surface area (Å²) in [6, 6.07) is 8.48. The van der Waals surface area contributed by atoms with Crippen molar-refractivity contribution >= 4 is 15.9 Å². The molecule has 1 rings (SSSR count). The highest BCUT2D eigenvalue weighted by atomic mass is 79.9. The number of hydrogen-bond acceptors (Lipinski definition) is 1. The standard InChI is InChI=1S/C12H18BrN/c1-9(12(2,3)8-14)10-4-6-11(13)7-5-10/h4-7,9H,8,14H2,1-3H3. The number of nitrogens with two attached hydrogens (primary N) is 1. The third kappa shape index (κ3) is 2.58. The molecule has 0 aliphatic rings. The molecule has 0 aliphatic heterocycles. The first-order valence-corrected chi connectivity index (χ1v) is 5.72. The minimum absolute atomic E-state index is 0.161. The van der Waals surface area contributed by atoms with Gasteiger partial charge in [-0.1, -0.05) is 48.8 Å². The Morgan fingerprint density at radius 2 is 1.79 bits per heavy atom. The van der Waals surface area contributed by atoms with Gasteiger partial charge in [-0.3, -0.25) is 0 Å². The molecule has 0 saturated carbocycles. The first kappa shape index (κ1) is 11.7. The summed E-state index contributed by atoms with van der Waals surface area (Å²) in [7, 11) is 0. The fraction of sp³-hybridized carbons (Fsp3) is 0.500. The highest BCUT2D eigenvalue weighted by Gasteiger charge is 2.25. The zero-order valence-electron chi connectivity index (χ0n) is 9.05. The van der Waals surface area contributed by atoms with Crippen molar-refractivity contribution in [3.05, 3.63) is 34.3 Å². The van der Waals surface area contributed by atoms with Crippen LogP contribution in [0.15, 0.2) is 28.7 Å². The fourth-order valence-corrected chi connectivity index (χ4v) is 1.64. The lowest BCUT2D eigenvalue weighted by Crippen LogP contribution is -2.29. The number of hydrogen-bond donors (Lipinski definition) is 1. The van der Waals surface area contributed by atoms with E-state index in [2.05, 4.69) is 61.0 Å². The van der Waals surface area contributed by atoms with Gasteiger partial charge >= 0.3 is 0 Å². The van der Waals surface area contributed by atoms with Crippen LogP contribution in [0.4, 0.5) is 0 Å². The van der Waals surface area contributed by atoms with Gasteiger partial charge in [0.2, 0.25) is 0 Å². The number of benzene rings is 1. The van der Waals surface area contributed by atoms with Crippen molar-refractivity contribution in [3.63, 3.8) is 0 Å². The molecular weight excluding hydrogens is 238 g/mol. The topological polar surface area (TPSA) is 26.0 Å². The molecule has 1 aromatic carbocycles. The van der Waals surface area contributed by atoms with E-state index in [4.69, 9.17) is 5.73 Å². The summed E-state index contributed by atoms with van der Waals surface area (Å²) >= 11 is 3.44. The van der Waals surface area contributed by atoms with Gasteiger partial charge in [-0.25, -0.2) is 0 Å². The zero-order chi connectivity index (χ0) is 10.8. The lowest BCUT2D eigenvalue weighted by atomic mass is 9.76. The molecule has 14 heavy (non-hydrogen) atoms. The summed E-state index contributed by atoms with van der Waals surface area (Å²) in [5, 5.41) is 0. The predicted molar refractivity (Wildman–Crippen MR) is 65.4 cm³/mol. The van der Waals surface area contributed by atoms with Gasteiger partial charge in [-0.05, 0) is 35.6 Å². The van der Waals surface area contributed by atoms with Crippen molar-refractivity contribution in [2.24, 2.45) is 11.1 Å². The molecular formula is C12H18BrN. The number of halogens is 1. The van der Waals surface area contributed by atoms with E-state index in [-0.39, 0.29) is 5.41 Å². The molecule has 1 unspecified atom stereocenters. The average Bonchev–Trinajstić information content (AvgIpc) is 2.18. The quantitative estimate of drug-likeness (QED) is 0.879. The van der Waals surface area contributed by atoms with Crippen LogP contribution in [-0.4, -0.2) is 6.54 Å². The highest BCUT2D eigenvalue weighted by Crippen LogP contribution is 2.34. The first-order valence-electron chi connectivity index (χ1n) is 4.93. The Hall–Kier alpha value is -0.340. The summed E-state index contributed by atoms with van der Waals surface area (Å²) in [5.74, 6) is 0.487. The van der Waals surface area contributed by atoms with E-state index in [0.29, 0.717) is 12.5 Å². The van der Waals surface area contributed by atoms with Crippen molar-refractivity contribution in [1.82, 2.24) is 0 Å². The molecule has 0 fully saturated rings. The molecule has 0 spiro atoms. The molecule has 78 valence electrons. The van der Waals surface area contributed by atoms with Crippen LogP contribution in [-0.2, 0) is 0 Å². The van der Waals surface area contributed by atoms with E-state index >= 15 is 0 Å². The second-order valence-electron chi connectivity index (χ2n) is 4.47. The van der Waals surface area contributed by atoms with Gasteiger partial charge in [0, 0.05) is 4.47 Å². The van der Waals surface area contributed by atoms with Gasteiger partial charge < -0.3 is 5.73 Å². The molecule has 0 heterocycles. The van der Waals surface area contributed by atoms with Gasteiger partial charge in [0.05, 0.1) is 0 Å². The summed E-state index contributed by atoms with van der Waals surface area (Å²) in [6.07, 6.45) is 0. The largest absolute Gasteiger partial charge is 0.330 e. The van der Waals surface area contributed by atoms with Crippen LogP contribution in [0, 0.1) is 5.41 Å². The Balaban J connectivity index is 2.89. The summed E-state index contributed by atoms with van der Waals surface area (Å²) in [6.45, 7) is 7.36. The molecule has 0 amide bonds. The average molecular weight is 256 g/mol.